The zero-order chi connectivity index (χ0) is 12.3. The minimum Gasteiger partial charge on any atom is -0.508 e. The van der Waals surface area contributed by atoms with Crippen LogP contribution in [0.4, 0.5) is 0 Å². The van der Waals surface area contributed by atoms with Crippen LogP contribution in [0.3, 0.4) is 0 Å². The molecule has 18 heavy (non-hydrogen) atoms. The maximum atomic E-state index is 9.83. The molecule has 1 aromatic rings. The fourth-order valence-electron chi connectivity index (χ4n) is 2.93. The van der Waals surface area contributed by atoms with E-state index in [0.29, 0.717) is 5.92 Å². The van der Waals surface area contributed by atoms with Gasteiger partial charge < -0.3 is 15.9 Å². The first-order valence-corrected chi connectivity index (χ1v) is 6.43. The van der Waals surface area contributed by atoms with E-state index in [-0.39, 0.29) is 23.9 Å². The number of halogens is 1. The standard InChI is InChI=1S/C14H21NO2.ClH/c15-9-8-10-4-6-11(7-5-10)14-12(16)2-1-3-13(14)17;/h1-3,10-11,16-17H,4-9,15H2;1H. The Morgan fingerprint density at radius 2 is 1.61 bits per heavy atom. The number of rotatable bonds is 3. The Morgan fingerprint density at radius 1 is 1.06 bits per heavy atom. The van der Waals surface area contributed by atoms with Crippen LogP contribution in [-0.2, 0) is 0 Å². The van der Waals surface area contributed by atoms with Crippen molar-refractivity contribution in [2.24, 2.45) is 11.7 Å². The van der Waals surface area contributed by atoms with Crippen molar-refractivity contribution in [1.29, 1.82) is 0 Å². The van der Waals surface area contributed by atoms with E-state index in [1.807, 2.05) is 0 Å². The maximum absolute atomic E-state index is 9.83. The second kappa shape index (κ2) is 6.86. The first-order chi connectivity index (χ1) is 8.22. The van der Waals surface area contributed by atoms with Gasteiger partial charge in [0, 0.05) is 5.56 Å². The second-order valence-corrected chi connectivity index (χ2v) is 5.00. The zero-order valence-electron chi connectivity index (χ0n) is 10.5. The van der Waals surface area contributed by atoms with Gasteiger partial charge in [-0.15, -0.1) is 12.4 Å². The lowest BCUT2D eigenvalue weighted by atomic mass is 9.77. The number of benzene rings is 1. The lowest BCUT2D eigenvalue weighted by Crippen LogP contribution is -2.16. The topological polar surface area (TPSA) is 66.5 Å². The van der Waals surface area contributed by atoms with Crippen LogP contribution in [0, 0.1) is 5.92 Å². The summed E-state index contributed by atoms with van der Waals surface area (Å²) < 4.78 is 0. The van der Waals surface area contributed by atoms with Crippen molar-refractivity contribution in [3.8, 4) is 11.5 Å². The fourth-order valence-corrected chi connectivity index (χ4v) is 2.93. The highest BCUT2D eigenvalue weighted by molar-refractivity contribution is 5.85. The average Bonchev–Trinajstić information content (AvgIpc) is 2.31. The maximum Gasteiger partial charge on any atom is 0.122 e. The van der Waals surface area contributed by atoms with E-state index in [4.69, 9.17) is 5.73 Å². The molecule has 0 amide bonds. The van der Waals surface area contributed by atoms with Crippen LogP contribution in [0.1, 0.15) is 43.6 Å². The van der Waals surface area contributed by atoms with Crippen molar-refractivity contribution in [3.05, 3.63) is 23.8 Å². The Morgan fingerprint density at radius 3 is 2.11 bits per heavy atom. The molecule has 0 atom stereocenters. The molecule has 0 unspecified atom stereocenters. The molecule has 4 heteroatoms. The van der Waals surface area contributed by atoms with Crippen LogP contribution in [-0.4, -0.2) is 16.8 Å². The van der Waals surface area contributed by atoms with Gasteiger partial charge in [0.25, 0.3) is 0 Å². The summed E-state index contributed by atoms with van der Waals surface area (Å²) in [6.07, 6.45) is 5.47. The molecule has 1 aliphatic carbocycles. The quantitative estimate of drug-likeness (QED) is 0.791. The summed E-state index contributed by atoms with van der Waals surface area (Å²) in [7, 11) is 0. The number of hydrogen-bond donors (Lipinski definition) is 3. The third kappa shape index (κ3) is 3.30. The minimum atomic E-state index is 0. The van der Waals surface area contributed by atoms with E-state index in [0.717, 1.165) is 50.1 Å². The van der Waals surface area contributed by atoms with Crippen molar-refractivity contribution >= 4 is 12.4 Å². The normalized spacial score (nSPS) is 23.4. The second-order valence-electron chi connectivity index (χ2n) is 5.00. The molecule has 4 N–H and O–H groups in total. The van der Waals surface area contributed by atoms with Crippen molar-refractivity contribution in [2.75, 3.05) is 6.54 Å². The van der Waals surface area contributed by atoms with Crippen LogP contribution < -0.4 is 5.73 Å². The minimum absolute atomic E-state index is 0. The van der Waals surface area contributed by atoms with E-state index in [1.165, 1.54) is 0 Å². The van der Waals surface area contributed by atoms with Gasteiger partial charge in [-0.3, -0.25) is 0 Å². The van der Waals surface area contributed by atoms with Gasteiger partial charge in [0.05, 0.1) is 0 Å². The third-order valence-electron chi connectivity index (χ3n) is 3.89. The molecule has 1 aromatic carbocycles. The largest absolute Gasteiger partial charge is 0.508 e. The van der Waals surface area contributed by atoms with Crippen LogP contribution in [0.5, 0.6) is 11.5 Å². The lowest BCUT2D eigenvalue weighted by molar-refractivity contribution is 0.303. The molecule has 0 radical (unpaired) electrons. The third-order valence-corrected chi connectivity index (χ3v) is 3.89. The van der Waals surface area contributed by atoms with Gasteiger partial charge in [0.15, 0.2) is 0 Å². The molecule has 0 heterocycles. The molecule has 0 bridgehead atoms. The number of nitrogens with two attached hydrogens (primary N) is 1. The van der Waals surface area contributed by atoms with Crippen LogP contribution in [0.2, 0.25) is 0 Å². The number of hydrogen-bond acceptors (Lipinski definition) is 3. The Labute approximate surface area is 114 Å². The summed E-state index contributed by atoms with van der Waals surface area (Å²) in [5.74, 6) is 1.48. The molecule has 2 rings (SSSR count). The monoisotopic (exact) mass is 271 g/mol. The summed E-state index contributed by atoms with van der Waals surface area (Å²) in [5, 5.41) is 19.7. The van der Waals surface area contributed by atoms with Crippen molar-refractivity contribution < 1.29 is 10.2 Å². The van der Waals surface area contributed by atoms with Crippen molar-refractivity contribution in [2.45, 2.75) is 38.0 Å². The molecular weight excluding hydrogens is 250 g/mol. The average molecular weight is 272 g/mol. The first kappa shape index (κ1) is 15.1. The van der Waals surface area contributed by atoms with Crippen molar-refractivity contribution in [1.82, 2.24) is 0 Å². The fraction of sp³-hybridized carbons (Fsp3) is 0.571. The van der Waals surface area contributed by atoms with Gasteiger partial charge >= 0.3 is 0 Å². The highest BCUT2D eigenvalue weighted by Crippen LogP contribution is 2.43. The molecule has 1 fully saturated rings. The molecule has 0 aromatic heterocycles. The Bertz CT molecular complexity index is 356. The molecule has 0 saturated heterocycles. The Kier molecular flexibility index (Phi) is 5.76. The van der Waals surface area contributed by atoms with E-state index in [9.17, 15) is 10.2 Å². The number of phenols is 2. The molecule has 1 saturated carbocycles. The van der Waals surface area contributed by atoms with Gasteiger partial charge in [-0.1, -0.05) is 6.07 Å². The summed E-state index contributed by atoms with van der Waals surface area (Å²) in [6.45, 7) is 0.761. The summed E-state index contributed by atoms with van der Waals surface area (Å²) >= 11 is 0. The lowest BCUT2D eigenvalue weighted by Gasteiger charge is -2.29. The molecule has 1 aliphatic rings. The molecule has 3 nitrogen and oxygen atoms in total. The smallest absolute Gasteiger partial charge is 0.122 e. The number of phenolic OH excluding ortho intramolecular Hbond substituents is 2. The summed E-state index contributed by atoms with van der Waals surface area (Å²) in [5.41, 5.74) is 6.31. The van der Waals surface area contributed by atoms with Crippen molar-refractivity contribution in [3.63, 3.8) is 0 Å². The van der Waals surface area contributed by atoms with E-state index in [1.54, 1.807) is 18.2 Å². The predicted octanol–water partition coefficient (Wildman–Crippen LogP) is 3.14. The first-order valence-electron chi connectivity index (χ1n) is 6.43. The van der Waals surface area contributed by atoms with Gasteiger partial charge in [-0.05, 0) is 62.6 Å². The van der Waals surface area contributed by atoms with E-state index >= 15 is 0 Å². The van der Waals surface area contributed by atoms with E-state index < -0.39 is 0 Å². The zero-order valence-corrected chi connectivity index (χ0v) is 11.3. The highest BCUT2D eigenvalue weighted by atomic mass is 35.5. The molecule has 0 spiro atoms. The summed E-state index contributed by atoms with van der Waals surface area (Å²) in [4.78, 5) is 0. The SMILES string of the molecule is Cl.NCCC1CCC(c2c(O)cccc2O)CC1. The van der Waals surface area contributed by atoms with Gasteiger partial charge in [-0.25, -0.2) is 0 Å². The van der Waals surface area contributed by atoms with Crippen LogP contribution in [0.25, 0.3) is 0 Å². The highest BCUT2D eigenvalue weighted by Gasteiger charge is 2.25. The van der Waals surface area contributed by atoms with Gasteiger partial charge in [-0.2, -0.15) is 0 Å². The summed E-state index contributed by atoms with van der Waals surface area (Å²) in [6, 6.07) is 4.98. The van der Waals surface area contributed by atoms with E-state index in [2.05, 4.69) is 0 Å². The van der Waals surface area contributed by atoms with Gasteiger partial charge in [0.2, 0.25) is 0 Å². The predicted molar refractivity (Wildman–Crippen MR) is 75.4 cm³/mol. The Hall–Kier alpha value is -0.930. The van der Waals surface area contributed by atoms with Crippen LogP contribution in [0.15, 0.2) is 18.2 Å². The molecule has 0 aliphatic heterocycles. The Balaban J connectivity index is 0.00000162. The molecule has 102 valence electrons. The van der Waals surface area contributed by atoms with Gasteiger partial charge in [0.1, 0.15) is 11.5 Å². The molecular formula is C14H22ClNO2. The number of aromatic hydroxyl groups is 2. The van der Waals surface area contributed by atoms with Crippen LogP contribution >= 0.6 is 12.4 Å².